The normalized spacial score (nSPS) is 10.1. The molecule has 0 radical (unpaired) electrons. The van der Waals surface area contributed by atoms with Crippen LogP contribution in [0.15, 0.2) is 42.7 Å². The van der Waals surface area contributed by atoms with E-state index in [2.05, 4.69) is 21.8 Å². The number of fused-ring (bicyclic) bond motifs is 1. The highest BCUT2D eigenvalue weighted by Gasteiger charge is 2.06. The number of aromatic nitrogens is 2. The maximum atomic E-state index is 10.7. The van der Waals surface area contributed by atoms with E-state index in [1.54, 1.807) is 24.5 Å². The highest BCUT2D eigenvalue weighted by Crippen LogP contribution is 2.24. The lowest BCUT2D eigenvalue weighted by atomic mass is 10.2. The molecule has 6 heteroatoms. The second-order valence-electron chi connectivity index (χ2n) is 4.28. The van der Waals surface area contributed by atoms with Crippen LogP contribution in [0.1, 0.15) is 11.1 Å². The summed E-state index contributed by atoms with van der Waals surface area (Å²) in [6.07, 6.45) is 3.33. The monoisotopic (exact) mass is 297 g/mol. The van der Waals surface area contributed by atoms with Crippen molar-refractivity contribution in [3.8, 4) is 11.8 Å². The molecule has 0 aliphatic heterocycles. The topological polar surface area (TPSA) is 71.8 Å². The molecule has 5 nitrogen and oxygen atoms in total. The van der Waals surface area contributed by atoms with E-state index >= 15 is 0 Å². The van der Waals surface area contributed by atoms with Gasteiger partial charge in [-0.1, -0.05) is 29.5 Å². The molecular formula is C15H8ClN3O2. The molecular weight excluding hydrogens is 290 g/mol. The van der Waals surface area contributed by atoms with Gasteiger partial charge in [0.05, 0.1) is 15.5 Å². The molecule has 3 rings (SSSR count). The summed E-state index contributed by atoms with van der Waals surface area (Å²) >= 11 is 6.26. The molecule has 102 valence electrons. The summed E-state index contributed by atoms with van der Waals surface area (Å²) < 4.78 is 0. The van der Waals surface area contributed by atoms with E-state index in [9.17, 15) is 10.1 Å². The van der Waals surface area contributed by atoms with Crippen molar-refractivity contribution in [1.29, 1.82) is 0 Å². The van der Waals surface area contributed by atoms with E-state index in [1.807, 2.05) is 6.07 Å². The third-order valence-electron chi connectivity index (χ3n) is 2.92. The lowest BCUT2D eigenvalue weighted by Crippen LogP contribution is -1.88. The lowest BCUT2D eigenvalue weighted by Gasteiger charge is -1.97. The average Bonchev–Trinajstić information content (AvgIpc) is 2.96. The van der Waals surface area contributed by atoms with Crippen LogP contribution < -0.4 is 0 Å². The zero-order chi connectivity index (χ0) is 14.8. The van der Waals surface area contributed by atoms with Crippen LogP contribution in [0.3, 0.4) is 0 Å². The molecule has 0 saturated carbocycles. The molecule has 0 aliphatic carbocycles. The van der Waals surface area contributed by atoms with Crippen LogP contribution in [0.25, 0.3) is 11.0 Å². The van der Waals surface area contributed by atoms with Gasteiger partial charge in [-0.2, -0.15) is 0 Å². The minimum atomic E-state index is -0.453. The van der Waals surface area contributed by atoms with Gasteiger partial charge in [-0.3, -0.25) is 10.1 Å². The molecule has 1 N–H and O–H groups in total. The van der Waals surface area contributed by atoms with Crippen LogP contribution in [-0.2, 0) is 0 Å². The van der Waals surface area contributed by atoms with Gasteiger partial charge in [0, 0.05) is 35.5 Å². The Hall–Kier alpha value is -2.84. The number of H-pyrrole nitrogens is 1. The molecule has 0 fully saturated rings. The van der Waals surface area contributed by atoms with Gasteiger partial charge in [0.15, 0.2) is 0 Å². The Kier molecular flexibility index (Phi) is 3.30. The Labute approximate surface area is 124 Å². The first-order chi connectivity index (χ1) is 10.1. The van der Waals surface area contributed by atoms with Gasteiger partial charge in [-0.15, -0.1) is 0 Å². The number of pyridine rings is 1. The van der Waals surface area contributed by atoms with Crippen LogP contribution in [0.4, 0.5) is 5.69 Å². The van der Waals surface area contributed by atoms with Crippen LogP contribution in [-0.4, -0.2) is 14.9 Å². The third kappa shape index (κ3) is 2.57. The SMILES string of the molecule is O=[N+]([O-])c1cccc(C#Cc2cnc3[nH]ccc3c2Cl)c1. The zero-order valence-electron chi connectivity index (χ0n) is 10.6. The van der Waals surface area contributed by atoms with Gasteiger partial charge in [0.1, 0.15) is 5.65 Å². The maximum absolute atomic E-state index is 10.7. The Bertz CT molecular complexity index is 906. The fraction of sp³-hybridized carbons (Fsp3) is 0. The van der Waals surface area contributed by atoms with E-state index in [0.29, 0.717) is 21.8 Å². The fourth-order valence-electron chi connectivity index (χ4n) is 1.90. The highest BCUT2D eigenvalue weighted by molar-refractivity contribution is 6.36. The van der Waals surface area contributed by atoms with Crippen molar-refractivity contribution in [3.63, 3.8) is 0 Å². The van der Waals surface area contributed by atoms with Gasteiger partial charge in [-0.05, 0) is 12.1 Å². The van der Waals surface area contributed by atoms with Gasteiger partial charge in [0.25, 0.3) is 5.69 Å². The van der Waals surface area contributed by atoms with Crippen molar-refractivity contribution in [2.75, 3.05) is 0 Å². The number of non-ortho nitro benzene ring substituents is 1. The number of nitrogens with one attached hydrogen (secondary N) is 1. The minimum Gasteiger partial charge on any atom is -0.346 e. The Morgan fingerprint density at radius 1 is 1.29 bits per heavy atom. The molecule has 0 saturated heterocycles. The minimum absolute atomic E-state index is 0.00658. The summed E-state index contributed by atoms with van der Waals surface area (Å²) in [7, 11) is 0. The number of hydrogen-bond donors (Lipinski definition) is 1. The van der Waals surface area contributed by atoms with Crippen molar-refractivity contribution >= 4 is 28.3 Å². The molecule has 21 heavy (non-hydrogen) atoms. The van der Waals surface area contributed by atoms with Crippen molar-refractivity contribution < 1.29 is 4.92 Å². The number of halogens is 1. The molecule has 2 heterocycles. The van der Waals surface area contributed by atoms with Crippen LogP contribution in [0, 0.1) is 22.0 Å². The summed E-state index contributed by atoms with van der Waals surface area (Å²) in [6.45, 7) is 0. The summed E-state index contributed by atoms with van der Waals surface area (Å²) in [6, 6.07) is 7.96. The van der Waals surface area contributed by atoms with Crippen molar-refractivity contribution in [2.24, 2.45) is 0 Å². The lowest BCUT2D eigenvalue weighted by molar-refractivity contribution is -0.384. The fourth-order valence-corrected chi connectivity index (χ4v) is 2.15. The summed E-state index contributed by atoms with van der Waals surface area (Å²) in [5.74, 6) is 5.76. The van der Waals surface area contributed by atoms with Crippen LogP contribution >= 0.6 is 11.6 Å². The first kappa shape index (κ1) is 13.2. The second kappa shape index (κ2) is 5.27. The van der Waals surface area contributed by atoms with Crippen molar-refractivity contribution in [1.82, 2.24) is 9.97 Å². The Balaban J connectivity index is 2.01. The molecule has 2 aromatic heterocycles. The van der Waals surface area contributed by atoms with Gasteiger partial charge < -0.3 is 4.98 Å². The standard InChI is InChI=1S/C15H8ClN3O2/c16-14-11(9-18-15-13(14)6-7-17-15)5-4-10-2-1-3-12(8-10)19(20)21/h1-3,6-9H,(H,17,18). The number of nitrogens with zero attached hydrogens (tertiary/aromatic N) is 2. The molecule has 0 spiro atoms. The smallest absolute Gasteiger partial charge is 0.270 e. The summed E-state index contributed by atoms with van der Waals surface area (Å²) in [5, 5.41) is 12.0. The number of nitro groups is 1. The molecule has 1 aromatic carbocycles. The molecule has 0 atom stereocenters. The molecule has 0 unspecified atom stereocenters. The van der Waals surface area contributed by atoms with Gasteiger partial charge >= 0.3 is 0 Å². The predicted molar refractivity (Wildman–Crippen MR) is 80.2 cm³/mol. The van der Waals surface area contributed by atoms with Gasteiger partial charge in [0.2, 0.25) is 0 Å². The number of benzene rings is 1. The Morgan fingerprint density at radius 2 is 2.14 bits per heavy atom. The van der Waals surface area contributed by atoms with Crippen LogP contribution in [0.2, 0.25) is 5.02 Å². The third-order valence-corrected chi connectivity index (χ3v) is 3.33. The van der Waals surface area contributed by atoms with E-state index in [-0.39, 0.29) is 5.69 Å². The van der Waals surface area contributed by atoms with Gasteiger partial charge in [-0.25, -0.2) is 4.98 Å². The molecule has 3 aromatic rings. The number of aromatic amines is 1. The van der Waals surface area contributed by atoms with Crippen molar-refractivity contribution in [3.05, 3.63) is 69.0 Å². The van der Waals surface area contributed by atoms with E-state index in [0.717, 1.165) is 5.39 Å². The number of rotatable bonds is 1. The predicted octanol–water partition coefficient (Wildman–Crippen LogP) is 3.52. The van der Waals surface area contributed by atoms with Crippen molar-refractivity contribution in [2.45, 2.75) is 0 Å². The highest BCUT2D eigenvalue weighted by atomic mass is 35.5. The molecule has 0 amide bonds. The quantitative estimate of drug-likeness (QED) is 0.424. The second-order valence-corrected chi connectivity index (χ2v) is 4.66. The van der Waals surface area contributed by atoms with E-state index in [4.69, 9.17) is 11.6 Å². The number of hydrogen-bond acceptors (Lipinski definition) is 3. The van der Waals surface area contributed by atoms with E-state index in [1.165, 1.54) is 12.1 Å². The average molecular weight is 298 g/mol. The first-order valence-corrected chi connectivity index (χ1v) is 6.41. The molecule has 0 aliphatic rings. The Morgan fingerprint density at radius 3 is 2.95 bits per heavy atom. The maximum Gasteiger partial charge on any atom is 0.270 e. The summed E-state index contributed by atoms with van der Waals surface area (Å²) in [5.41, 5.74) is 1.83. The van der Waals surface area contributed by atoms with Crippen LogP contribution in [0.5, 0.6) is 0 Å². The zero-order valence-corrected chi connectivity index (χ0v) is 11.4. The molecule has 0 bridgehead atoms. The largest absolute Gasteiger partial charge is 0.346 e. The first-order valence-electron chi connectivity index (χ1n) is 6.03. The summed E-state index contributed by atoms with van der Waals surface area (Å²) in [4.78, 5) is 17.4. The number of nitro benzene ring substituents is 1. The van der Waals surface area contributed by atoms with E-state index < -0.39 is 4.92 Å².